The van der Waals surface area contributed by atoms with Crippen LogP contribution in [0.5, 0.6) is 0 Å². The Morgan fingerprint density at radius 1 is 1.06 bits per heavy atom. The smallest absolute Gasteiger partial charge is 0.189 e. The summed E-state index contributed by atoms with van der Waals surface area (Å²) >= 11 is 0. The van der Waals surface area contributed by atoms with E-state index in [1.807, 2.05) is 0 Å². The van der Waals surface area contributed by atoms with Crippen LogP contribution in [0.3, 0.4) is 0 Å². The van der Waals surface area contributed by atoms with E-state index < -0.39 is 0 Å². The minimum Gasteiger partial charge on any atom is -1.00 e. The lowest BCUT2D eigenvalue weighted by Gasteiger charge is -2.07. The van der Waals surface area contributed by atoms with Crippen molar-refractivity contribution in [2.75, 3.05) is 6.61 Å². The van der Waals surface area contributed by atoms with Crippen molar-refractivity contribution >= 4 is 0 Å². The van der Waals surface area contributed by atoms with Crippen LogP contribution in [0.2, 0.25) is 0 Å². The minimum atomic E-state index is 0. The van der Waals surface area contributed by atoms with Gasteiger partial charge in [0.15, 0.2) is 6.23 Å². The standard InChI is InChI=1S/C14H27NO.ClH/c1-3-5-6-7-8-9-10-11-12-14(15)16-13-4-2;/h2,14H,3,5-13,15H2,1H3;1H. The fourth-order valence-corrected chi connectivity index (χ4v) is 1.76. The lowest BCUT2D eigenvalue weighted by molar-refractivity contribution is -0.490. The van der Waals surface area contributed by atoms with Gasteiger partial charge in [0, 0.05) is 6.42 Å². The third-order valence-electron chi connectivity index (χ3n) is 2.78. The third kappa shape index (κ3) is 15.8. The lowest BCUT2D eigenvalue weighted by Crippen LogP contribution is -3.00. The van der Waals surface area contributed by atoms with E-state index in [-0.39, 0.29) is 18.6 Å². The Kier molecular flexibility index (Phi) is 17.7. The van der Waals surface area contributed by atoms with Crippen molar-refractivity contribution in [3.63, 3.8) is 0 Å². The molecule has 3 heteroatoms. The van der Waals surface area contributed by atoms with Crippen LogP contribution in [-0.4, -0.2) is 12.8 Å². The average molecular weight is 262 g/mol. The van der Waals surface area contributed by atoms with Crippen LogP contribution >= 0.6 is 0 Å². The van der Waals surface area contributed by atoms with E-state index in [4.69, 9.17) is 11.2 Å². The number of ether oxygens (including phenoxy) is 1. The van der Waals surface area contributed by atoms with Gasteiger partial charge in [-0.25, -0.2) is 0 Å². The highest BCUT2D eigenvalue weighted by Crippen LogP contribution is 2.10. The SMILES string of the molecule is C#CCOC([NH3+])CCCCCCCCCC.[Cl-]. The summed E-state index contributed by atoms with van der Waals surface area (Å²) in [4.78, 5) is 0. The first kappa shape index (κ1) is 19.1. The molecule has 17 heavy (non-hydrogen) atoms. The molecule has 102 valence electrons. The Bertz CT molecular complexity index is 180. The maximum absolute atomic E-state index is 5.30. The van der Waals surface area contributed by atoms with Gasteiger partial charge in [-0.15, -0.1) is 6.42 Å². The molecule has 0 heterocycles. The zero-order chi connectivity index (χ0) is 12.1. The van der Waals surface area contributed by atoms with E-state index in [0.29, 0.717) is 6.61 Å². The summed E-state index contributed by atoms with van der Waals surface area (Å²) in [6.45, 7) is 2.65. The lowest BCUT2D eigenvalue weighted by atomic mass is 10.1. The van der Waals surface area contributed by atoms with Gasteiger partial charge in [-0.05, 0) is 6.42 Å². The molecule has 0 bridgehead atoms. The predicted octanol–water partition coefficient (Wildman–Crippen LogP) is -0.261. The van der Waals surface area contributed by atoms with E-state index in [0.717, 1.165) is 6.42 Å². The van der Waals surface area contributed by atoms with Crippen molar-refractivity contribution in [3.8, 4) is 12.3 Å². The molecule has 2 nitrogen and oxygen atoms in total. The van der Waals surface area contributed by atoms with Gasteiger partial charge in [-0.2, -0.15) is 0 Å². The van der Waals surface area contributed by atoms with Crippen LogP contribution in [-0.2, 0) is 4.74 Å². The molecule has 0 aliphatic rings. The third-order valence-corrected chi connectivity index (χ3v) is 2.78. The first-order valence-corrected chi connectivity index (χ1v) is 6.69. The molecule has 0 aromatic carbocycles. The van der Waals surface area contributed by atoms with Crippen molar-refractivity contribution in [3.05, 3.63) is 0 Å². The maximum atomic E-state index is 5.30. The van der Waals surface area contributed by atoms with E-state index in [2.05, 4.69) is 18.6 Å². The van der Waals surface area contributed by atoms with Gasteiger partial charge in [0.2, 0.25) is 0 Å². The second kappa shape index (κ2) is 15.8. The summed E-state index contributed by atoms with van der Waals surface area (Å²) in [5.74, 6) is 2.47. The fourth-order valence-electron chi connectivity index (χ4n) is 1.76. The average Bonchev–Trinajstić information content (AvgIpc) is 2.30. The summed E-state index contributed by atoms with van der Waals surface area (Å²) in [5, 5.41) is 0. The van der Waals surface area contributed by atoms with Crippen LogP contribution < -0.4 is 18.1 Å². The number of hydrogen-bond donors (Lipinski definition) is 1. The Hall–Kier alpha value is -0.230. The van der Waals surface area contributed by atoms with E-state index in [1.54, 1.807) is 0 Å². The Labute approximate surface area is 113 Å². The molecule has 0 radical (unpaired) electrons. The second-order valence-electron chi connectivity index (χ2n) is 4.40. The molecular formula is C14H28ClNO. The van der Waals surface area contributed by atoms with Crippen molar-refractivity contribution < 1.29 is 22.9 Å². The molecule has 0 saturated carbocycles. The normalized spacial score (nSPS) is 11.6. The van der Waals surface area contributed by atoms with Gasteiger partial charge in [0.25, 0.3) is 0 Å². The quantitative estimate of drug-likeness (QED) is 0.311. The van der Waals surface area contributed by atoms with Gasteiger partial charge in [0.05, 0.1) is 0 Å². The summed E-state index contributed by atoms with van der Waals surface area (Å²) < 4.78 is 5.30. The van der Waals surface area contributed by atoms with Crippen molar-refractivity contribution in [2.45, 2.75) is 70.9 Å². The first-order chi connectivity index (χ1) is 7.81. The van der Waals surface area contributed by atoms with Gasteiger partial charge in [-0.1, -0.05) is 57.8 Å². The zero-order valence-corrected chi connectivity index (χ0v) is 12.0. The van der Waals surface area contributed by atoms with Gasteiger partial charge in [0.1, 0.15) is 6.61 Å². The molecule has 0 spiro atoms. The number of unbranched alkanes of at least 4 members (excludes halogenated alkanes) is 7. The zero-order valence-electron chi connectivity index (χ0n) is 11.2. The van der Waals surface area contributed by atoms with E-state index >= 15 is 0 Å². The van der Waals surface area contributed by atoms with Crippen molar-refractivity contribution in [1.82, 2.24) is 0 Å². The second-order valence-corrected chi connectivity index (χ2v) is 4.40. The number of hydrogen-bond acceptors (Lipinski definition) is 1. The molecule has 0 aliphatic carbocycles. The molecular weight excluding hydrogens is 234 g/mol. The first-order valence-electron chi connectivity index (χ1n) is 6.69. The van der Waals surface area contributed by atoms with E-state index in [1.165, 1.54) is 51.4 Å². The predicted molar refractivity (Wildman–Crippen MR) is 68.7 cm³/mol. The Balaban J connectivity index is 0. The van der Waals surface area contributed by atoms with Gasteiger partial charge >= 0.3 is 0 Å². The van der Waals surface area contributed by atoms with Gasteiger partial charge in [-0.3, -0.25) is 0 Å². The summed E-state index contributed by atoms with van der Waals surface area (Å²) in [6, 6.07) is 0. The summed E-state index contributed by atoms with van der Waals surface area (Å²) in [5.41, 5.74) is 3.92. The molecule has 0 fully saturated rings. The molecule has 0 aromatic rings. The van der Waals surface area contributed by atoms with Crippen molar-refractivity contribution in [1.29, 1.82) is 0 Å². The fraction of sp³-hybridized carbons (Fsp3) is 0.857. The molecule has 0 rings (SSSR count). The molecule has 0 aliphatic heterocycles. The number of rotatable bonds is 11. The monoisotopic (exact) mass is 261 g/mol. The molecule has 0 aromatic heterocycles. The number of terminal acetylenes is 1. The van der Waals surface area contributed by atoms with Crippen molar-refractivity contribution in [2.24, 2.45) is 0 Å². The van der Waals surface area contributed by atoms with Crippen LogP contribution in [0.25, 0.3) is 0 Å². The van der Waals surface area contributed by atoms with Gasteiger partial charge < -0.3 is 22.9 Å². The molecule has 1 unspecified atom stereocenters. The Morgan fingerprint density at radius 3 is 2.12 bits per heavy atom. The largest absolute Gasteiger partial charge is 1.00 e. The molecule has 0 saturated heterocycles. The minimum absolute atomic E-state index is 0. The summed E-state index contributed by atoms with van der Waals surface area (Å²) in [7, 11) is 0. The number of halogens is 1. The van der Waals surface area contributed by atoms with Crippen LogP contribution in [0.4, 0.5) is 0 Å². The summed E-state index contributed by atoms with van der Waals surface area (Å²) in [6.07, 6.45) is 17.0. The highest BCUT2D eigenvalue weighted by molar-refractivity contribution is 4.82. The van der Waals surface area contributed by atoms with Crippen LogP contribution in [0, 0.1) is 12.3 Å². The topological polar surface area (TPSA) is 36.9 Å². The molecule has 1 atom stereocenters. The highest BCUT2D eigenvalue weighted by atomic mass is 35.5. The molecule has 3 N–H and O–H groups in total. The van der Waals surface area contributed by atoms with E-state index in [9.17, 15) is 0 Å². The Morgan fingerprint density at radius 2 is 1.59 bits per heavy atom. The van der Waals surface area contributed by atoms with Crippen LogP contribution in [0.1, 0.15) is 64.7 Å². The molecule has 0 amide bonds. The number of quaternary nitrogens is 1. The maximum Gasteiger partial charge on any atom is 0.189 e. The highest BCUT2D eigenvalue weighted by Gasteiger charge is 2.04. The van der Waals surface area contributed by atoms with Crippen LogP contribution in [0.15, 0.2) is 0 Å².